The third-order valence-corrected chi connectivity index (χ3v) is 2.74. The molecular formula is C15H15NO4. The summed E-state index contributed by atoms with van der Waals surface area (Å²) in [5.74, 6) is -0.988. The Kier molecular flexibility index (Phi) is 4.20. The summed E-state index contributed by atoms with van der Waals surface area (Å²) in [5.41, 5.74) is 1.04. The molecule has 1 aromatic rings. The van der Waals surface area contributed by atoms with E-state index in [-0.39, 0.29) is 11.5 Å². The Morgan fingerprint density at radius 1 is 1.30 bits per heavy atom. The molecule has 5 nitrogen and oxygen atoms in total. The highest BCUT2D eigenvalue weighted by Gasteiger charge is 2.35. The number of nitrogens with one attached hydrogen (secondary N) is 1. The van der Waals surface area contributed by atoms with E-state index in [2.05, 4.69) is 10.1 Å². The molecule has 5 heteroatoms. The minimum Gasteiger partial charge on any atom is -0.479 e. The lowest BCUT2D eigenvalue weighted by atomic mass is 10.1. The molecule has 0 bridgehead atoms. The van der Waals surface area contributed by atoms with Crippen LogP contribution in [0.4, 0.5) is 0 Å². The molecule has 20 heavy (non-hydrogen) atoms. The predicted octanol–water partition coefficient (Wildman–Crippen LogP) is 1.62. The van der Waals surface area contributed by atoms with Crippen LogP contribution in [-0.4, -0.2) is 25.5 Å². The number of carbonyl (C=O) groups excluding carboxylic acids is 2. The number of carbonyl (C=O) groups is 2. The molecule has 0 saturated carbocycles. The molecular weight excluding hydrogens is 258 g/mol. The molecule has 2 rings (SSSR count). The van der Waals surface area contributed by atoms with E-state index in [0.29, 0.717) is 12.3 Å². The second-order valence-electron chi connectivity index (χ2n) is 4.05. The van der Waals surface area contributed by atoms with Crippen LogP contribution in [0.3, 0.4) is 0 Å². The molecule has 1 aliphatic rings. The van der Waals surface area contributed by atoms with Gasteiger partial charge in [0.25, 0.3) is 0 Å². The number of ether oxygens (including phenoxy) is 2. The van der Waals surface area contributed by atoms with Crippen LogP contribution in [-0.2, 0) is 19.1 Å². The second kappa shape index (κ2) is 6.06. The van der Waals surface area contributed by atoms with Crippen LogP contribution in [0.5, 0.6) is 0 Å². The maximum atomic E-state index is 12.2. The van der Waals surface area contributed by atoms with Gasteiger partial charge in [0, 0.05) is 0 Å². The van der Waals surface area contributed by atoms with Crippen LogP contribution in [0.2, 0.25) is 0 Å². The van der Waals surface area contributed by atoms with E-state index in [1.54, 1.807) is 13.0 Å². The van der Waals surface area contributed by atoms with Gasteiger partial charge in [-0.2, -0.15) is 0 Å². The van der Waals surface area contributed by atoms with Crippen LogP contribution >= 0.6 is 0 Å². The van der Waals surface area contributed by atoms with Gasteiger partial charge in [-0.15, -0.1) is 0 Å². The molecule has 0 aliphatic carbocycles. The van der Waals surface area contributed by atoms with Gasteiger partial charge in [-0.1, -0.05) is 30.3 Å². The van der Waals surface area contributed by atoms with Gasteiger partial charge < -0.3 is 14.8 Å². The van der Waals surface area contributed by atoms with Crippen LogP contribution in [0.15, 0.2) is 47.5 Å². The van der Waals surface area contributed by atoms with E-state index < -0.39 is 11.8 Å². The van der Waals surface area contributed by atoms with Crippen molar-refractivity contribution in [1.29, 1.82) is 0 Å². The van der Waals surface area contributed by atoms with E-state index in [1.807, 2.05) is 30.3 Å². The lowest BCUT2D eigenvalue weighted by Crippen LogP contribution is -2.13. The van der Waals surface area contributed by atoms with Gasteiger partial charge in [0.2, 0.25) is 11.7 Å². The average molecular weight is 273 g/mol. The van der Waals surface area contributed by atoms with Crippen molar-refractivity contribution in [3.8, 4) is 0 Å². The number of rotatable bonds is 4. The zero-order valence-corrected chi connectivity index (χ0v) is 11.3. The molecule has 1 aromatic carbocycles. The summed E-state index contributed by atoms with van der Waals surface area (Å²) in [7, 11) is 1.23. The fourth-order valence-corrected chi connectivity index (χ4v) is 1.84. The minimum atomic E-state index is -0.706. The second-order valence-corrected chi connectivity index (χ2v) is 4.05. The summed E-state index contributed by atoms with van der Waals surface area (Å²) < 4.78 is 9.90. The smallest absolute Gasteiger partial charge is 0.347 e. The Hall–Kier alpha value is -2.56. The van der Waals surface area contributed by atoms with E-state index in [0.717, 1.165) is 5.56 Å². The van der Waals surface area contributed by atoms with Crippen LogP contribution in [0.25, 0.3) is 6.08 Å². The predicted molar refractivity (Wildman–Crippen MR) is 73.2 cm³/mol. The number of Topliss-reactive ketones (excluding diaryl/α,β-unsaturated/α-hetero) is 1. The summed E-state index contributed by atoms with van der Waals surface area (Å²) in [4.78, 5) is 23.9. The lowest BCUT2D eigenvalue weighted by molar-refractivity contribution is -0.137. The molecule has 0 fully saturated rings. The first kappa shape index (κ1) is 13.9. The highest BCUT2D eigenvalue weighted by molar-refractivity contribution is 6.27. The topological polar surface area (TPSA) is 64.6 Å². The monoisotopic (exact) mass is 273 g/mol. The summed E-state index contributed by atoms with van der Waals surface area (Å²) in [5, 5.41) is 2.82. The molecule has 0 amide bonds. The Labute approximate surface area is 116 Å². The van der Waals surface area contributed by atoms with Gasteiger partial charge in [0.15, 0.2) is 5.57 Å². The Bertz CT molecular complexity index is 587. The molecule has 0 saturated heterocycles. The number of hydrogen-bond acceptors (Lipinski definition) is 5. The van der Waals surface area contributed by atoms with Crippen LogP contribution < -0.4 is 5.32 Å². The summed E-state index contributed by atoms with van der Waals surface area (Å²) in [6.45, 7) is 2.11. The number of allylic oxidation sites excluding steroid dienone is 1. The maximum Gasteiger partial charge on any atom is 0.347 e. The van der Waals surface area contributed by atoms with E-state index in [9.17, 15) is 9.59 Å². The first-order valence-electron chi connectivity index (χ1n) is 6.21. The number of methoxy groups -OCH3 is 1. The third-order valence-electron chi connectivity index (χ3n) is 2.74. The fourth-order valence-electron chi connectivity index (χ4n) is 1.84. The molecule has 1 heterocycles. The molecule has 1 N–H and O–H groups in total. The number of benzene rings is 1. The van der Waals surface area contributed by atoms with Crippen molar-refractivity contribution >= 4 is 17.8 Å². The Balaban J connectivity index is 2.33. The SMILES string of the molecule is CCOC1=C(C(=O)OC)C(=O)/C(=C/c2ccccc2)N1. The zero-order valence-electron chi connectivity index (χ0n) is 11.3. The summed E-state index contributed by atoms with van der Waals surface area (Å²) in [6, 6.07) is 9.33. The van der Waals surface area contributed by atoms with Crippen LogP contribution in [0.1, 0.15) is 12.5 Å². The average Bonchev–Trinajstić information content (AvgIpc) is 2.76. The molecule has 104 valence electrons. The molecule has 0 unspecified atom stereocenters. The van der Waals surface area contributed by atoms with Crippen molar-refractivity contribution in [3.05, 3.63) is 53.0 Å². The van der Waals surface area contributed by atoms with Crippen LogP contribution in [0, 0.1) is 0 Å². The van der Waals surface area contributed by atoms with Gasteiger partial charge in [0.1, 0.15) is 0 Å². The number of esters is 1. The molecule has 0 atom stereocenters. The number of hydrogen-bond donors (Lipinski definition) is 1. The summed E-state index contributed by atoms with van der Waals surface area (Å²) in [6.07, 6.45) is 1.66. The zero-order chi connectivity index (χ0) is 14.5. The van der Waals surface area contributed by atoms with E-state index in [1.165, 1.54) is 7.11 Å². The minimum absolute atomic E-state index is 0.100. The first-order chi connectivity index (χ1) is 9.67. The molecule has 0 aromatic heterocycles. The van der Waals surface area contributed by atoms with Gasteiger partial charge >= 0.3 is 5.97 Å². The summed E-state index contributed by atoms with van der Waals surface area (Å²) >= 11 is 0. The van der Waals surface area contributed by atoms with Gasteiger partial charge in [0.05, 0.1) is 19.4 Å². The van der Waals surface area contributed by atoms with Crippen molar-refractivity contribution in [3.63, 3.8) is 0 Å². The van der Waals surface area contributed by atoms with E-state index >= 15 is 0 Å². The normalized spacial score (nSPS) is 16.3. The largest absolute Gasteiger partial charge is 0.479 e. The quantitative estimate of drug-likeness (QED) is 0.513. The standard InChI is InChI=1S/C15H15NO4/c1-3-20-14-12(15(18)19-2)13(17)11(16-14)9-10-7-5-4-6-8-10/h4-9,16H,3H2,1-2H3/b11-9-. The number of ketones is 1. The first-order valence-corrected chi connectivity index (χ1v) is 6.21. The van der Waals surface area contributed by atoms with Crippen molar-refractivity contribution in [2.45, 2.75) is 6.92 Å². The highest BCUT2D eigenvalue weighted by atomic mass is 16.5. The molecule has 0 spiro atoms. The highest BCUT2D eigenvalue weighted by Crippen LogP contribution is 2.22. The van der Waals surface area contributed by atoms with Gasteiger partial charge in [-0.3, -0.25) is 4.79 Å². The van der Waals surface area contributed by atoms with Crippen molar-refractivity contribution in [2.24, 2.45) is 0 Å². The maximum absolute atomic E-state index is 12.2. The van der Waals surface area contributed by atoms with Crippen molar-refractivity contribution in [1.82, 2.24) is 5.32 Å². The Morgan fingerprint density at radius 3 is 2.60 bits per heavy atom. The van der Waals surface area contributed by atoms with Gasteiger partial charge in [-0.05, 0) is 18.6 Å². The lowest BCUT2D eigenvalue weighted by Gasteiger charge is -2.05. The van der Waals surface area contributed by atoms with E-state index in [4.69, 9.17) is 4.74 Å². The molecule has 0 radical (unpaired) electrons. The Morgan fingerprint density at radius 2 is 2.00 bits per heavy atom. The van der Waals surface area contributed by atoms with Gasteiger partial charge in [-0.25, -0.2) is 4.79 Å². The molecule has 1 aliphatic heterocycles. The third kappa shape index (κ3) is 2.71. The van der Waals surface area contributed by atoms with Crippen molar-refractivity contribution < 1.29 is 19.1 Å². The van der Waals surface area contributed by atoms with Crippen molar-refractivity contribution in [2.75, 3.05) is 13.7 Å². The fraction of sp³-hybridized carbons (Fsp3) is 0.200.